The number of epoxide rings is 1. The van der Waals surface area contributed by atoms with Gasteiger partial charge in [-0.3, -0.25) is 4.99 Å². The molecule has 3 nitrogen and oxygen atoms in total. The lowest BCUT2D eigenvalue weighted by Gasteiger charge is -2.15. The first kappa shape index (κ1) is 11.2. The normalized spacial score (nSPS) is 30.6. The van der Waals surface area contributed by atoms with Crippen molar-refractivity contribution in [1.82, 2.24) is 0 Å². The van der Waals surface area contributed by atoms with Gasteiger partial charge in [0, 0.05) is 4.47 Å². The molecule has 0 amide bonds. The largest absolute Gasteiger partial charge is 0.385 e. The van der Waals surface area contributed by atoms with Crippen molar-refractivity contribution in [2.24, 2.45) is 10.7 Å². The zero-order valence-electron chi connectivity index (χ0n) is 9.47. The van der Waals surface area contributed by atoms with E-state index in [1.807, 2.05) is 6.07 Å². The molecular formula is C13H15BrN2O. The van der Waals surface area contributed by atoms with Crippen LogP contribution in [0.4, 0.5) is 0 Å². The summed E-state index contributed by atoms with van der Waals surface area (Å²) in [6.45, 7) is 0. The summed E-state index contributed by atoms with van der Waals surface area (Å²) in [7, 11) is 0. The number of rotatable bonds is 3. The van der Waals surface area contributed by atoms with Crippen molar-refractivity contribution in [3.05, 3.63) is 34.3 Å². The van der Waals surface area contributed by atoms with Gasteiger partial charge >= 0.3 is 0 Å². The smallest absolute Gasteiger partial charge is 0.141 e. The molecule has 1 aromatic rings. The van der Waals surface area contributed by atoms with Crippen molar-refractivity contribution in [1.29, 1.82) is 0 Å². The van der Waals surface area contributed by atoms with Crippen LogP contribution in [0.3, 0.4) is 0 Å². The summed E-state index contributed by atoms with van der Waals surface area (Å²) in [6.07, 6.45) is 3.60. The number of aryl methyl sites for hydroxylation is 1. The number of ether oxygens (including phenoxy) is 1. The van der Waals surface area contributed by atoms with Crippen LogP contribution in [0.2, 0.25) is 0 Å². The molecule has 2 aliphatic heterocycles. The van der Waals surface area contributed by atoms with E-state index in [2.05, 4.69) is 39.1 Å². The van der Waals surface area contributed by atoms with Crippen molar-refractivity contribution in [2.75, 3.05) is 0 Å². The maximum atomic E-state index is 5.82. The van der Waals surface area contributed by atoms with Crippen molar-refractivity contribution in [3.63, 3.8) is 0 Å². The van der Waals surface area contributed by atoms with Gasteiger partial charge in [-0.2, -0.15) is 0 Å². The summed E-state index contributed by atoms with van der Waals surface area (Å²) < 4.78 is 6.56. The number of halogens is 1. The van der Waals surface area contributed by atoms with Gasteiger partial charge in [-0.25, -0.2) is 0 Å². The second kappa shape index (κ2) is 4.42. The lowest BCUT2D eigenvalue weighted by molar-refractivity contribution is 0.374. The minimum atomic E-state index is 0.136. The summed E-state index contributed by atoms with van der Waals surface area (Å²) in [6, 6.07) is 8.75. The quantitative estimate of drug-likeness (QED) is 0.870. The number of fused-ring (bicyclic) bond motifs is 1. The van der Waals surface area contributed by atoms with Gasteiger partial charge in [-0.05, 0) is 37.0 Å². The maximum Gasteiger partial charge on any atom is 0.141 e. The van der Waals surface area contributed by atoms with Crippen LogP contribution >= 0.6 is 15.9 Å². The van der Waals surface area contributed by atoms with E-state index in [1.54, 1.807) is 0 Å². The minimum absolute atomic E-state index is 0.136. The van der Waals surface area contributed by atoms with E-state index in [0.717, 1.165) is 23.7 Å². The Hall–Kier alpha value is -0.870. The van der Waals surface area contributed by atoms with E-state index in [0.29, 0.717) is 18.0 Å². The Morgan fingerprint density at radius 3 is 3.12 bits per heavy atom. The molecular weight excluding hydrogens is 280 g/mol. The van der Waals surface area contributed by atoms with Crippen LogP contribution in [0.1, 0.15) is 18.4 Å². The van der Waals surface area contributed by atoms with Crippen LogP contribution in [0.25, 0.3) is 0 Å². The Morgan fingerprint density at radius 2 is 2.35 bits per heavy atom. The highest BCUT2D eigenvalue weighted by Crippen LogP contribution is 2.33. The monoisotopic (exact) mass is 294 g/mol. The number of hydrogen-bond donors (Lipinski definition) is 1. The highest BCUT2D eigenvalue weighted by Gasteiger charge is 2.46. The number of nitrogens with two attached hydrogens (primary N) is 1. The predicted octanol–water partition coefficient (Wildman–Crippen LogP) is 2.28. The number of nitrogens with zero attached hydrogens (tertiary/aromatic N) is 1. The molecule has 17 heavy (non-hydrogen) atoms. The molecule has 3 atom stereocenters. The van der Waals surface area contributed by atoms with E-state index >= 15 is 0 Å². The van der Waals surface area contributed by atoms with Crippen molar-refractivity contribution in [2.45, 2.75) is 37.5 Å². The van der Waals surface area contributed by atoms with Gasteiger partial charge in [0.15, 0.2) is 0 Å². The van der Waals surface area contributed by atoms with Gasteiger partial charge in [0.25, 0.3) is 0 Å². The fourth-order valence-electron chi connectivity index (χ4n) is 2.40. The third-order valence-corrected chi connectivity index (χ3v) is 3.86. The van der Waals surface area contributed by atoms with E-state index in [9.17, 15) is 0 Å². The molecule has 0 saturated carbocycles. The molecule has 1 aromatic carbocycles. The van der Waals surface area contributed by atoms with Gasteiger partial charge < -0.3 is 10.5 Å². The summed E-state index contributed by atoms with van der Waals surface area (Å²) in [5.41, 5.74) is 7.16. The predicted molar refractivity (Wildman–Crippen MR) is 71.2 cm³/mol. The van der Waals surface area contributed by atoms with Gasteiger partial charge in [-0.1, -0.05) is 28.1 Å². The standard InChI is InChI=1S/C13H15BrN2O/c14-9-3-1-2-8(6-9)4-5-10-7-11-12(17-11)13(15)16-10/h1-3,6,10-12H,4-5,7H2,(H2,15,16)/t10-,11?,12?/m0/s1. The Kier molecular flexibility index (Phi) is 2.92. The molecule has 0 radical (unpaired) electrons. The first-order valence-electron chi connectivity index (χ1n) is 5.95. The van der Waals surface area contributed by atoms with Crippen LogP contribution < -0.4 is 5.73 Å². The second-order valence-corrected chi connectivity index (χ2v) is 5.62. The van der Waals surface area contributed by atoms with Gasteiger partial charge in [-0.15, -0.1) is 0 Å². The summed E-state index contributed by atoms with van der Waals surface area (Å²) in [5.74, 6) is 0.695. The lowest BCUT2D eigenvalue weighted by atomic mass is 9.99. The van der Waals surface area contributed by atoms with Crippen LogP contribution in [0, 0.1) is 0 Å². The number of amidine groups is 1. The topological polar surface area (TPSA) is 50.9 Å². The summed E-state index contributed by atoms with van der Waals surface area (Å²) in [4.78, 5) is 4.50. The van der Waals surface area contributed by atoms with Crippen LogP contribution in [0.15, 0.2) is 33.7 Å². The molecule has 0 aromatic heterocycles. The van der Waals surface area contributed by atoms with Gasteiger partial charge in [0.05, 0.1) is 12.1 Å². The van der Waals surface area contributed by atoms with Crippen LogP contribution in [-0.2, 0) is 11.2 Å². The number of benzene rings is 1. The first-order chi connectivity index (χ1) is 8.22. The number of hydrogen-bond acceptors (Lipinski definition) is 3. The molecule has 0 spiro atoms. The Morgan fingerprint density at radius 1 is 1.47 bits per heavy atom. The molecule has 0 bridgehead atoms. The van der Waals surface area contributed by atoms with Crippen molar-refractivity contribution >= 4 is 21.8 Å². The highest BCUT2D eigenvalue weighted by atomic mass is 79.9. The Balaban J connectivity index is 1.59. The van der Waals surface area contributed by atoms with Gasteiger partial charge in [0.1, 0.15) is 11.9 Å². The molecule has 1 fully saturated rings. The van der Waals surface area contributed by atoms with E-state index < -0.39 is 0 Å². The molecule has 2 N–H and O–H groups in total. The SMILES string of the molecule is NC1=N[C@@H](CCc2cccc(Br)c2)CC2OC12. The van der Waals surface area contributed by atoms with E-state index in [1.165, 1.54) is 5.56 Å². The number of aliphatic imine (C=N–C) groups is 1. The molecule has 2 heterocycles. The first-order valence-corrected chi connectivity index (χ1v) is 6.75. The molecule has 1 saturated heterocycles. The fraction of sp³-hybridized carbons (Fsp3) is 0.462. The highest BCUT2D eigenvalue weighted by molar-refractivity contribution is 9.10. The summed E-state index contributed by atoms with van der Waals surface area (Å²) in [5, 5.41) is 0. The Labute approximate surface area is 109 Å². The minimum Gasteiger partial charge on any atom is -0.385 e. The average molecular weight is 295 g/mol. The fourth-order valence-corrected chi connectivity index (χ4v) is 2.84. The lowest BCUT2D eigenvalue weighted by Crippen LogP contribution is -2.29. The van der Waals surface area contributed by atoms with E-state index in [4.69, 9.17) is 10.5 Å². The summed E-state index contributed by atoms with van der Waals surface area (Å²) >= 11 is 3.49. The Bertz CT molecular complexity index is 460. The molecule has 90 valence electrons. The van der Waals surface area contributed by atoms with Crippen LogP contribution in [0.5, 0.6) is 0 Å². The molecule has 3 rings (SSSR count). The molecule has 2 unspecified atom stereocenters. The molecule has 4 heteroatoms. The van der Waals surface area contributed by atoms with Crippen LogP contribution in [-0.4, -0.2) is 24.1 Å². The maximum absolute atomic E-state index is 5.82. The van der Waals surface area contributed by atoms with Gasteiger partial charge in [0.2, 0.25) is 0 Å². The average Bonchev–Trinajstić information content (AvgIpc) is 3.06. The van der Waals surface area contributed by atoms with E-state index in [-0.39, 0.29) is 6.10 Å². The second-order valence-electron chi connectivity index (χ2n) is 4.71. The molecule has 2 aliphatic rings. The zero-order chi connectivity index (χ0) is 11.8. The zero-order valence-corrected chi connectivity index (χ0v) is 11.1. The van der Waals surface area contributed by atoms with Crippen molar-refractivity contribution < 1.29 is 4.74 Å². The third-order valence-electron chi connectivity index (χ3n) is 3.37. The van der Waals surface area contributed by atoms with Crippen molar-refractivity contribution in [3.8, 4) is 0 Å². The third kappa shape index (κ3) is 2.53. The molecule has 0 aliphatic carbocycles.